The number of hydrogen-bond acceptors (Lipinski definition) is 2. The normalized spacial score (nSPS) is 14.4. The SMILES string of the molecule is CC(N[C@@H](C)c1ccc(Cl)cc1)c1csc(Cl)c1. The monoisotopic (exact) mass is 299 g/mol. The number of thiophene rings is 1. The molecule has 0 saturated carbocycles. The highest BCUT2D eigenvalue weighted by atomic mass is 35.5. The van der Waals surface area contributed by atoms with Crippen LogP contribution in [0.5, 0.6) is 0 Å². The van der Waals surface area contributed by atoms with Crippen LogP contribution >= 0.6 is 34.5 Å². The average Bonchev–Trinajstić information content (AvgIpc) is 2.76. The Balaban J connectivity index is 2.02. The topological polar surface area (TPSA) is 12.0 Å². The standard InChI is InChI=1S/C14H15Cl2NS/c1-9(11-3-5-13(15)6-4-11)17-10(2)12-7-14(16)18-8-12/h3-10,17H,1-2H3/t9-,10?/m0/s1. The van der Waals surface area contributed by atoms with E-state index >= 15 is 0 Å². The van der Waals surface area contributed by atoms with Gasteiger partial charge in [-0.05, 0) is 48.6 Å². The molecule has 0 bridgehead atoms. The van der Waals surface area contributed by atoms with Gasteiger partial charge in [0.1, 0.15) is 0 Å². The third-order valence-electron chi connectivity index (χ3n) is 2.96. The molecule has 2 atom stereocenters. The number of hydrogen-bond donors (Lipinski definition) is 1. The Hall–Kier alpha value is -0.540. The van der Waals surface area contributed by atoms with Crippen LogP contribution in [0.2, 0.25) is 9.36 Å². The molecule has 1 nitrogen and oxygen atoms in total. The maximum Gasteiger partial charge on any atom is 0.0931 e. The molecule has 0 aliphatic rings. The van der Waals surface area contributed by atoms with Crippen molar-refractivity contribution < 1.29 is 0 Å². The van der Waals surface area contributed by atoms with E-state index in [1.54, 1.807) is 11.3 Å². The van der Waals surface area contributed by atoms with Gasteiger partial charge >= 0.3 is 0 Å². The fourth-order valence-corrected chi connectivity index (χ4v) is 2.98. The van der Waals surface area contributed by atoms with Crippen LogP contribution in [-0.4, -0.2) is 0 Å². The zero-order valence-electron chi connectivity index (χ0n) is 10.3. The quantitative estimate of drug-likeness (QED) is 0.789. The molecule has 1 unspecified atom stereocenters. The van der Waals surface area contributed by atoms with Gasteiger partial charge in [0.2, 0.25) is 0 Å². The summed E-state index contributed by atoms with van der Waals surface area (Å²) >= 11 is 13.4. The first-order chi connectivity index (χ1) is 8.56. The molecular weight excluding hydrogens is 285 g/mol. The van der Waals surface area contributed by atoms with Crippen molar-refractivity contribution in [3.63, 3.8) is 0 Å². The van der Waals surface area contributed by atoms with Gasteiger partial charge in [0.05, 0.1) is 4.34 Å². The molecule has 0 aliphatic carbocycles. The zero-order chi connectivity index (χ0) is 13.1. The van der Waals surface area contributed by atoms with Crippen LogP contribution in [0.1, 0.15) is 37.1 Å². The lowest BCUT2D eigenvalue weighted by Gasteiger charge is -2.19. The zero-order valence-corrected chi connectivity index (χ0v) is 12.6. The van der Waals surface area contributed by atoms with E-state index < -0.39 is 0 Å². The van der Waals surface area contributed by atoms with E-state index in [-0.39, 0.29) is 12.1 Å². The summed E-state index contributed by atoms with van der Waals surface area (Å²) in [4.78, 5) is 0. The molecule has 1 aromatic heterocycles. The van der Waals surface area contributed by atoms with Crippen molar-refractivity contribution in [2.75, 3.05) is 0 Å². The molecule has 1 N–H and O–H groups in total. The van der Waals surface area contributed by atoms with Crippen LogP contribution in [0.3, 0.4) is 0 Å². The van der Waals surface area contributed by atoms with Crippen molar-refractivity contribution in [3.05, 3.63) is 56.2 Å². The summed E-state index contributed by atoms with van der Waals surface area (Å²) < 4.78 is 0.831. The fraction of sp³-hybridized carbons (Fsp3) is 0.286. The summed E-state index contributed by atoms with van der Waals surface area (Å²) in [6.07, 6.45) is 0. The molecule has 0 fully saturated rings. The Morgan fingerprint density at radius 2 is 1.61 bits per heavy atom. The van der Waals surface area contributed by atoms with Gasteiger partial charge in [-0.2, -0.15) is 0 Å². The number of halogens is 2. The third kappa shape index (κ3) is 3.48. The van der Waals surface area contributed by atoms with Crippen molar-refractivity contribution in [2.24, 2.45) is 0 Å². The molecular formula is C14H15Cl2NS. The first kappa shape index (κ1) is 13.9. The van der Waals surface area contributed by atoms with Crippen molar-refractivity contribution in [1.29, 1.82) is 0 Å². The van der Waals surface area contributed by atoms with Gasteiger partial charge in [0.15, 0.2) is 0 Å². The molecule has 0 saturated heterocycles. The summed E-state index contributed by atoms with van der Waals surface area (Å²) in [5, 5.41) is 6.41. The molecule has 96 valence electrons. The van der Waals surface area contributed by atoms with Crippen molar-refractivity contribution in [1.82, 2.24) is 5.32 Å². The van der Waals surface area contributed by atoms with Crippen LogP contribution in [0.4, 0.5) is 0 Å². The fourth-order valence-electron chi connectivity index (χ4n) is 1.87. The molecule has 0 amide bonds. The highest BCUT2D eigenvalue weighted by molar-refractivity contribution is 7.14. The maximum absolute atomic E-state index is 5.95. The lowest BCUT2D eigenvalue weighted by Crippen LogP contribution is -2.22. The lowest BCUT2D eigenvalue weighted by atomic mass is 10.1. The van der Waals surface area contributed by atoms with Gasteiger partial charge in [-0.15, -0.1) is 11.3 Å². The molecule has 2 aromatic rings. The molecule has 1 heterocycles. The van der Waals surface area contributed by atoms with Crippen LogP contribution in [0, 0.1) is 0 Å². The van der Waals surface area contributed by atoms with Gasteiger partial charge < -0.3 is 5.32 Å². The molecule has 0 radical (unpaired) electrons. The largest absolute Gasteiger partial charge is 0.304 e. The van der Waals surface area contributed by atoms with E-state index in [2.05, 4.69) is 24.5 Å². The Kier molecular flexibility index (Phi) is 4.68. The van der Waals surface area contributed by atoms with E-state index in [0.717, 1.165) is 9.36 Å². The average molecular weight is 300 g/mol. The van der Waals surface area contributed by atoms with Crippen LogP contribution in [0.25, 0.3) is 0 Å². The highest BCUT2D eigenvalue weighted by Gasteiger charge is 2.12. The summed E-state index contributed by atoms with van der Waals surface area (Å²) in [6, 6.07) is 10.5. The molecule has 0 spiro atoms. The highest BCUT2D eigenvalue weighted by Crippen LogP contribution is 2.26. The van der Waals surface area contributed by atoms with Crippen LogP contribution < -0.4 is 5.32 Å². The minimum atomic E-state index is 0.274. The maximum atomic E-state index is 5.95. The first-order valence-corrected chi connectivity index (χ1v) is 7.45. The molecule has 18 heavy (non-hydrogen) atoms. The van der Waals surface area contributed by atoms with Gasteiger partial charge in [-0.3, -0.25) is 0 Å². The molecule has 4 heteroatoms. The Labute approximate surface area is 122 Å². The second kappa shape index (κ2) is 6.07. The van der Waals surface area contributed by atoms with Gasteiger partial charge in [0.25, 0.3) is 0 Å². The first-order valence-electron chi connectivity index (χ1n) is 5.81. The van der Waals surface area contributed by atoms with Crippen LogP contribution in [-0.2, 0) is 0 Å². The number of benzene rings is 1. The number of rotatable bonds is 4. The van der Waals surface area contributed by atoms with E-state index in [9.17, 15) is 0 Å². The summed E-state index contributed by atoms with van der Waals surface area (Å²) in [7, 11) is 0. The summed E-state index contributed by atoms with van der Waals surface area (Å²) in [6.45, 7) is 4.29. The van der Waals surface area contributed by atoms with E-state index in [4.69, 9.17) is 23.2 Å². The van der Waals surface area contributed by atoms with Gasteiger partial charge in [-0.25, -0.2) is 0 Å². The minimum absolute atomic E-state index is 0.274. The second-order valence-corrected chi connectivity index (χ2v) is 6.32. The summed E-state index contributed by atoms with van der Waals surface area (Å²) in [5.74, 6) is 0. The minimum Gasteiger partial charge on any atom is -0.304 e. The third-order valence-corrected chi connectivity index (χ3v) is 4.32. The van der Waals surface area contributed by atoms with Crippen molar-refractivity contribution >= 4 is 34.5 Å². The van der Waals surface area contributed by atoms with Crippen molar-refractivity contribution in [3.8, 4) is 0 Å². The Morgan fingerprint density at radius 1 is 1.00 bits per heavy atom. The van der Waals surface area contributed by atoms with E-state index in [0.29, 0.717) is 0 Å². The molecule has 0 aliphatic heterocycles. The molecule has 2 rings (SSSR count). The Bertz CT molecular complexity index is 507. The second-order valence-electron chi connectivity index (χ2n) is 4.35. The van der Waals surface area contributed by atoms with E-state index in [1.807, 2.05) is 30.3 Å². The smallest absolute Gasteiger partial charge is 0.0931 e. The lowest BCUT2D eigenvalue weighted by molar-refractivity contribution is 0.495. The number of nitrogens with one attached hydrogen (secondary N) is 1. The van der Waals surface area contributed by atoms with Crippen molar-refractivity contribution in [2.45, 2.75) is 25.9 Å². The van der Waals surface area contributed by atoms with Gasteiger partial charge in [-0.1, -0.05) is 35.3 Å². The predicted octanol–water partition coefficient (Wildman–Crippen LogP) is 5.47. The van der Waals surface area contributed by atoms with E-state index in [1.165, 1.54) is 11.1 Å². The Morgan fingerprint density at radius 3 is 2.17 bits per heavy atom. The van der Waals surface area contributed by atoms with Crippen LogP contribution in [0.15, 0.2) is 35.7 Å². The predicted molar refractivity (Wildman–Crippen MR) is 80.7 cm³/mol. The summed E-state index contributed by atoms with van der Waals surface area (Å²) in [5.41, 5.74) is 2.46. The molecule has 1 aromatic carbocycles. The van der Waals surface area contributed by atoms with Gasteiger partial charge in [0, 0.05) is 17.1 Å².